The number of rotatable bonds is 14. The summed E-state index contributed by atoms with van der Waals surface area (Å²) < 4.78 is 16.0. The molecule has 4 aromatic carbocycles. The second-order valence-electron chi connectivity index (χ2n) is 14.3. The van der Waals surface area contributed by atoms with E-state index < -0.39 is 47.9 Å². The van der Waals surface area contributed by atoms with Gasteiger partial charge in [0.2, 0.25) is 11.8 Å². The number of amides is 5. The third kappa shape index (κ3) is 9.74. The summed E-state index contributed by atoms with van der Waals surface area (Å²) in [6.45, 7) is 5.99. The number of anilines is 1. The first-order valence-electron chi connectivity index (χ1n) is 19.0. The maximum atomic E-state index is 14.0. The number of halogens is 1. The number of aromatic nitrogens is 1. The Bertz CT molecular complexity index is 2210. The number of aliphatic hydroxyl groups is 2. The molecule has 1 aliphatic heterocycles. The Hall–Kier alpha value is -6.44. The highest BCUT2D eigenvalue weighted by atomic mass is 19.1. The van der Waals surface area contributed by atoms with Crippen LogP contribution in [-0.2, 0) is 26.3 Å². The lowest BCUT2D eigenvalue weighted by atomic mass is 9.75. The highest BCUT2D eigenvalue weighted by Crippen LogP contribution is 2.43. The molecule has 2 atom stereocenters. The molecule has 13 heteroatoms. The summed E-state index contributed by atoms with van der Waals surface area (Å²) in [5.74, 6) is -3.07. The van der Waals surface area contributed by atoms with Crippen LogP contribution in [0.25, 0.3) is 22.4 Å². The van der Waals surface area contributed by atoms with Gasteiger partial charge in [0.25, 0.3) is 5.91 Å². The van der Waals surface area contributed by atoms with Gasteiger partial charge in [0, 0.05) is 23.5 Å². The number of urea groups is 1. The average molecular weight is 791 g/mol. The van der Waals surface area contributed by atoms with Gasteiger partial charge < -0.3 is 25.2 Å². The number of aliphatic hydroxyl groups excluding tert-OH is 2. The molecule has 1 fully saturated rings. The minimum atomic E-state index is -1.31. The van der Waals surface area contributed by atoms with E-state index in [-0.39, 0.29) is 37.0 Å². The number of hydrogen-bond acceptors (Lipinski definition) is 7. The fraction of sp³-hybridized carbons (Fsp3) is 0.267. The largest absolute Gasteiger partial charge is 0.481 e. The summed E-state index contributed by atoms with van der Waals surface area (Å²) in [6.07, 6.45) is -2.21. The molecule has 1 aromatic heterocycles. The number of carbonyl (C=O) groups is 5. The average Bonchev–Trinajstić information content (AvgIpc) is 3.54. The van der Waals surface area contributed by atoms with E-state index in [1.807, 2.05) is 79.1 Å². The van der Waals surface area contributed by atoms with Crippen LogP contribution in [0.2, 0.25) is 0 Å². The van der Waals surface area contributed by atoms with Gasteiger partial charge in [0.1, 0.15) is 5.82 Å². The van der Waals surface area contributed by atoms with Gasteiger partial charge in [-0.2, -0.15) is 0 Å². The van der Waals surface area contributed by atoms with E-state index in [1.165, 1.54) is 12.1 Å². The zero-order valence-corrected chi connectivity index (χ0v) is 32.4. The number of carbonyl (C=O) groups excluding carboxylic acids is 4. The van der Waals surface area contributed by atoms with E-state index in [0.29, 0.717) is 40.1 Å². The number of barbiturate groups is 1. The Morgan fingerprint density at radius 1 is 0.776 bits per heavy atom. The smallest absolute Gasteiger partial charge is 0.328 e. The van der Waals surface area contributed by atoms with E-state index in [4.69, 9.17) is 5.11 Å². The van der Waals surface area contributed by atoms with Gasteiger partial charge in [0.15, 0.2) is 5.41 Å². The van der Waals surface area contributed by atoms with Gasteiger partial charge in [-0.15, -0.1) is 0 Å². The van der Waals surface area contributed by atoms with Crippen molar-refractivity contribution in [2.75, 3.05) is 5.32 Å². The third-order valence-corrected chi connectivity index (χ3v) is 9.96. The van der Waals surface area contributed by atoms with Crippen molar-refractivity contribution >= 4 is 35.4 Å². The summed E-state index contributed by atoms with van der Waals surface area (Å²) in [5, 5.41) is 37.1. The maximum absolute atomic E-state index is 14.0. The Balaban J connectivity index is 0.000000313. The molecular weight excluding hydrogens is 744 g/mol. The fourth-order valence-corrected chi connectivity index (χ4v) is 7.27. The molecule has 1 aliphatic rings. The molecule has 6 N–H and O–H groups in total. The number of aliphatic carboxylic acids is 1. The van der Waals surface area contributed by atoms with Crippen LogP contribution in [0, 0.1) is 5.82 Å². The molecule has 0 radical (unpaired) electrons. The number of para-hydroxylation sites is 1. The van der Waals surface area contributed by atoms with Crippen molar-refractivity contribution in [3.63, 3.8) is 0 Å². The number of carboxylic acid groups (broad SMARTS) is 1. The number of carboxylic acids is 1. The highest BCUT2D eigenvalue weighted by Gasteiger charge is 2.50. The van der Waals surface area contributed by atoms with E-state index in [2.05, 4.69) is 16.0 Å². The molecular formula is C45H47FN4O8. The maximum Gasteiger partial charge on any atom is 0.328 e. The number of nitrogens with zero attached hydrogens (tertiary/aromatic N) is 1. The van der Waals surface area contributed by atoms with Gasteiger partial charge in [-0.05, 0) is 78.3 Å². The zero-order chi connectivity index (χ0) is 42.0. The van der Waals surface area contributed by atoms with Crippen molar-refractivity contribution in [3.8, 4) is 22.4 Å². The monoisotopic (exact) mass is 790 g/mol. The van der Waals surface area contributed by atoms with Crippen LogP contribution in [0.5, 0.6) is 0 Å². The van der Waals surface area contributed by atoms with E-state index >= 15 is 0 Å². The molecule has 0 bridgehead atoms. The molecule has 5 amide bonds. The standard InChI is InChI=1S/C33H35FN2O5.C12H12N2O3/c1-21(2)31-30(33(41)35-25-11-7-4-8-12-25)29(22-9-5-3-6-10-22)32(23-13-15-24(34)16-14-23)36(31)18-17-26(37)19-27(38)20-28(39)40;1-2-12(8-6-4-3-5-7-8)9(15)13-11(17)14-10(12)16/h3-16,21,26-27,37-38H,17-20H2,1-2H3,(H,35,41)(H,39,40);3-7H,2H2,1H3,(H2,13,14,15,16,17)/t26-,27-;/m1./s1. The van der Waals surface area contributed by atoms with Crippen molar-refractivity contribution in [2.45, 2.75) is 76.5 Å². The predicted molar refractivity (Wildman–Crippen MR) is 217 cm³/mol. The van der Waals surface area contributed by atoms with Crippen molar-refractivity contribution in [1.82, 2.24) is 15.2 Å². The second-order valence-corrected chi connectivity index (χ2v) is 14.3. The molecule has 6 rings (SSSR count). The van der Waals surface area contributed by atoms with Gasteiger partial charge in [-0.25, -0.2) is 9.18 Å². The minimum absolute atomic E-state index is 0.0939. The molecule has 302 valence electrons. The summed E-state index contributed by atoms with van der Waals surface area (Å²) >= 11 is 0. The normalized spacial score (nSPS) is 14.4. The van der Waals surface area contributed by atoms with E-state index in [0.717, 1.165) is 11.3 Å². The van der Waals surface area contributed by atoms with Crippen LogP contribution in [-0.4, -0.2) is 61.8 Å². The second kappa shape index (κ2) is 19.1. The first-order valence-corrected chi connectivity index (χ1v) is 19.0. The van der Waals surface area contributed by atoms with Gasteiger partial charge in [-0.3, -0.25) is 29.8 Å². The Morgan fingerprint density at radius 2 is 1.33 bits per heavy atom. The molecule has 0 spiro atoms. The SMILES string of the molecule is CC(C)c1c(C(=O)Nc2ccccc2)c(-c2ccccc2)c(-c2ccc(F)cc2)n1CC[C@@H](O)C[C@@H](O)CC(=O)O.CCC1(c2ccccc2)C(=O)NC(=O)NC1=O. The molecule has 1 saturated heterocycles. The lowest BCUT2D eigenvalue weighted by molar-refractivity contribution is -0.140. The topological polar surface area (TPSA) is 187 Å². The van der Waals surface area contributed by atoms with Crippen LogP contribution in [0.4, 0.5) is 14.9 Å². The van der Waals surface area contributed by atoms with Crippen LogP contribution >= 0.6 is 0 Å². The molecule has 0 saturated carbocycles. The Morgan fingerprint density at radius 3 is 1.86 bits per heavy atom. The van der Waals surface area contributed by atoms with Crippen molar-refractivity contribution in [2.24, 2.45) is 0 Å². The van der Waals surface area contributed by atoms with E-state index in [9.17, 15) is 38.6 Å². The Kier molecular flexibility index (Phi) is 14.1. The van der Waals surface area contributed by atoms with Gasteiger partial charge in [0.05, 0.1) is 29.9 Å². The van der Waals surface area contributed by atoms with Gasteiger partial charge >= 0.3 is 12.0 Å². The lowest BCUT2D eigenvalue weighted by Crippen LogP contribution is -2.64. The summed E-state index contributed by atoms with van der Waals surface area (Å²) in [6, 6.07) is 32.7. The van der Waals surface area contributed by atoms with Crippen LogP contribution < -0.4 is 16.0 Å². The first kappa shape index (κ1) is 42.7. The van der Waals surface area contributed by atoms with Crippen LogP contribution in [0.3, 0.4) is 0 Å². The molecule has 2 heterocycles. The van der Waals surface area contributed by atoms with Gasteiger partial charge in [-0.1, -0.05) is 99.6 Å². The number of hydrogen-bond donors (Lipinski definition) is 6. The molecule has 0 unspecified atom stereocenters. The number of nitrogens with one attached hydrogen (secondary N) is 3. The zero-order valence-electron chi connectivity index (χ0n) is 32.4. The molecule has 12 nitrogen and oxygen atoms in total. The fourth-order valence-electron chi connectivity index (χ4n) is 7.27. The minimum Gasteiger partial charge on any atom is -0.481 e. The van der Waals surface area contributed by atoms with Crippen LogP contribution in [0.15, 0.2) is 115 Å². The summed E-state index contributed by atoms with van der Waals surface area (Å²) in [5.41, 5.74) is 4.05. The highest BCUT2D eigenvalue weighted by molar-refractivity contribution is 6.23. The number of imide groups is 2. The predicted octanol–water partition coefficient (Wildman–Crippen LogP) is 7.01. The summed E-state index contributed by atoms with van der Waals surface area (Å²) in [7, 11) is 0. The summed E-state index contributed by atoms with van der Waals surface area (Å²) in [4.78, 5) is 60.0. The van der Waals surface area contributed by atoms with Crippen molar-refractivity contribution < 1.29 is 43.7 Å². The Labute approximate surface area is 335 Å². The third-order valence-electron chi connectivity index (χ3n) is 9.96. The van der Waals surface area contributed by atoms with Crippen molar-refractivity contribution in [1.29, 1.82) is 0 Å². The first-order chi connectivity index (χ1) is 27.8. The van der Waals surface area contributed by atoms with Crippen LogP contribution in [0.1, 0.15) is 74.0 Å². The van der Waals surface area contributed by atoms with Crippen molar-refractivity contribution in [3.05, 3.63) is 138 Å². The quantitative estimate of drug-likeness (QED) is 0.0648. The lowest BCUT2D eigenvalue weighted by Gasteiger charge is -2.33. The van der Waals surface area contributed by atoms with E-state index in [1.54, 1.807) is 49.4 Å². The molecule has 58 heavy (non-hydrogen) atoms. The molecule has 5 aromatic rings. The number of benzene rings is 4. The molecule has 0 aliphatic carbocycles.